The molecule has 0 spiro atoms. The first-order valence-electron chi connectivity index (χ1n) is 9.56. The molecule has 3 rings (SSSR count). The molecular formula is C23H25Br2N3O2. The Balaban J connectivity index is 1.67. The van der Waals surface area contributed by atoms with Gasteiger partial charge in [0.1, 0.15) is 5.75 Å². The second-order valence-electron chi connectivity index (χ2n) is 7.92. The summed E-state index contributed by atoms with van der Waals surface area (Å²) in [7, 11) is 2.11. The van der Waals surface area contributed by atoms with Crippen LogP contribution in [0.15, 0.2) is 50.5 Å². The summed E-state index contributed by atoms with van der Waals surface area (Å²) in [6, 6.07) is 9.79. The molecule has 2 aromatic carbocycles. The number of rotatable bonds is 5. The highest BCUT2D eigenvalue weighted by Gasteiger charge is 2.28. The van der Waals surface area contributed by atoms with Crippen molar-refractivity contribution in [1.82, 2.24) is 5.43 Å². The van der Waals surface area contributed by atoms with Gasteiger partial charge in [-0.05, 0) is 90.7 Å². The molecule has 0 aromatic heterocycles. The number of ether oxygens (including phenoxy) is 1. The van der Waals surface area contributed by atoms with E-state index in [0.717, 1.165) is 20.1 Å². The number of hydrogen-bond acceptors (Lipinski definition) is 4. The number of likely N-dealkylation sites (N-methyl/N-ethyl adjacent to an activating group) is 1. The van der Waals surface area contributed by atoms with Gasteiger partial charge in [0.05, 0.1) is 16.2 Å². The van der Waals surface area contributed by atoms with E-state index in [4.69, 9.17) is 4.74 Å². The van der Waals surface area contributed by atoms with Crippen molar-refractivity contribution in [2.75, 3.05) is 18.6 Å². The molecule has 0 fully saturated rings. The third-order valence-electron chi connectivity index (χ3n) is 5.25. The lowest BCUT2D eigenvalue weighted by molar-refractivity contribution is -0.123. The van der Waals surface area contributed by atoms with Gasteiger partial charge in [-0.15, -0.1) is 0 Å². The normalized spacial score (nSPS) is 15.0. The number of nitrogens with one attached hydrogen (secondary N) is 1. The number of anilines is 1. The van der Waals surface area contributed by atoms with E-state index < -0.39 is 0 Å². The van der Waals surface area contributed by atoms with Gasteiger partial charge in [-0.25, -0.2) is 5.43 Å². The number of aryl methyl sites for hydroxylation is 1. The summed E-state index contributed by atoms with van der Waals surface area (Å²) in [6.07, 6.45) is 3.95. The molecule has 1 amide bonds. The van der Waals surface area contributed by atoms with Crippen molar-refractivity contribution in [3.63, 3.8) is 0 Å². The smallest absolute Gasteiger partial charge is 0.277 e. The zero-order chi connectivity index (χ0) is 22.1. The number of hydrogen-bond donors (Lipinski definition) is 1. The van der Waals surface area contributed by atoms with Gasteiger partial charge < -0.3 is 9.64 Å². The van der Waals surface area contributed by atoms with Gasteiger partial charge in [0, 0.05) is 22.8 Å². The van der Waals surface area contributed by atoms with Crippen molar-refractivity contribution >= 4 is 55.2 Å². The van der Waals surface area contributed by atoms with E-state index in [-0.39, 0.29) is 18.1 Å². The van der Waals surface area contributed by atoms with Crippen molar-refractivity contribution in [2.24, 2.45) is 5.10 Å². The number of carbonyl (C=O) groups excluding carboxylic acids is 1. The Morgan fingerprint density at radius 3 is 2.67 bits per heavy atom. The molecule has 0 saturated heterocycles. The van der Waals surface area contributed by atoms with Gasteiger partial charge in [-0.3, -0.25) is 4.79 Å². The number of fused-ring (bicyclic) bond motifs is 1. The molecule has 1 heterocycles. The van der Waals surface area contributed by atoms with Crippen LogP contribution in [0.2, 0.25) is 0 Å². The summed E-state index contributed by atoms with van der Waals surface area (Å²) < 4.78 is 7.23. The zero-order valence-corrected chi connectivity index (χ0v) is 20.9. The van der Waals surface area contributed by atoms with Crippen molar-refractivity contribution in [3.8, 4) is 5.75 Å². The third kappa shape index (κ3) is 4.95. The molecule has 0 unspecified atom stereocenters. The Kier molecular flexibility index (Phi) is 6.72. The molecular weight excluding hydrogens is 510 g/mol. The van der Waals surface area contributed by atoms with Crippen LogP contribution in [0.5, 0.6) is 5.75 Å². The Hall–Kier alpha value is -2.12. The van der Waals surface area contributed by atoms with Gasteiger partial charge in [-0.2, -0.15) is 5.10 Å². The number of carbonyl (C=O) groups is 1. The van der Waals surface area contributed by atoms with Gasteiger partial charge in [0.15, 0.2) is 6.61 Å². The highest BCUT2D eigenvalue weighted by molar-refractivity contribution is 9.11. The van der Waals surface area contributed by atoms with Crippen LogP contribution in [0.1, 0.15) is 37.5 Å². The van der Waals surface area contributed by atoms with Crippen LogP contribution in [0.25, 0.3) is 5.57 Å². The summed E-state index contributed by atoms with van der Waals surface area (Å²) in [5.41, 5.74) is 8.18. The highest BCUT2D eigenvalue weighted by atomic mass is 79.9. The summed E-state index contributed by atoms with van der Waals surface area (Å²) >= 11 is 6.79. The Morgan fingerprint density at radius 1 is 1.23 bits per heavy atom. The van der Waals surface area contributed by atoms with Crippen LogP contribution in [-0.2, 0) is 4.79 Å². The minimum absolute atomic E-state index is 0.0308. The fourth-order valence-corrected chi connectivity index (χ4v) is 4.56. The molecule has 2 aromatic rings. The van der Waals surface area contributed by atoms with Crippen molar-refractivity contribution in [2.45, 2.75) is 33.2 Å². The number of benzene rings is 2. The Morgan fingerprint density at radius 2 is 1.97 bits per heavy atom. The molecule has 1 N–H and O–H groups in total. The van der Waals surface area contributed by atoms with Crippen LogP contribution in [0.3, 0.4) is 0 Å². The summed E-state index contributed by atoms with van der Waals surface area (Å²) in [5.74, 6) is 0.270. The summed E-state index contributed by atoms with van der Waals surface area (Å²) in [5, 5.41) is 4.12. The van der Waals surface area contributed by atoms with E-state index in [0.29, 0.717) is 5.75 Å². The minimum Gasteiger partial charge on any atom is -0.483 e. The average Bonchev–Trinajstić information content (AvgIpc) is 2.66. The molecule has 0 bridgehead atoms. The first-order valence-corrected chi connectivity index (χ1v) is 11.1. The lowest BCUT2D eigenvalue weighted by Crippen LogP contribution is -2.42. The molecule has 1 aliphatic heterocycles. The molecule has 0 atom stereocenters. The fourth-order valence-electron chi connectivity index (χ4n) is 3.40. The number of hydrazone groups is 1. The van der Waals surface area contributed by atoms with E-state index in [9.17, 15) is 4.79 Å². The van der Waals surface area contributed by atoms with Gasteiger partial charge in [0.25, 0.3) is 5.91 Å². The number of halogens is 2. The van der Waals surface area contributed by atoms with Crippen LogP contribution >= 0.6 is 31.9 Å². The lowest BCUT2D eigenvalue weighted by atomic mass is 9.87. The van der Waals surface area contributed by atoms with Crippen molar-refractivity contribution in [1.29, 1.82) is 0 Å². The van der Waals surface area contributed by atoms with Crippen LogP contribution in [0.4, 0.5) is 5.69 Å². The molecule has 0 saturated carbocycles. The van der Waals surface area contributed by atoms with E-state index in [1.54, 1.807) is 12.3 Å². The largest absolute Gasteiger partial charge is 0.483 e. The van der Waals surface area contributed by atoms with Crippen LogP contribution in [-0.4, -0.2) is 31.3 Å². The topological polar surface area (TPSA) is 53.9 Å². The van der Waals surface area contributed by atoms with E-state index in [1.807, 2.05) is 19.1 Å². The maximum atomic E-state index is 12.1. The number of nitrogens with zero attached hydrogens (tertiary/aromatic N) is 2. The van der Waals surface area contributed by atoms with Crippen molar-refractivity contribution < 1.29 is 9.53 Å². The summed E-state index contributed by atoms with van der Waals surface area (Å²) in [4.78, 5) is 14.4. The van der Waals surface area contributed by atoms with Gasteiger partial charge in [-0.1, -0.05) is 22.0 Å². The van der Waals surface area contributed by atoms with Gasteiger partial charge in [0.2, 0.25) is 0 Å². The second kappa shape index (κ2) is 8.94. The zero-order valence-electron chi connectivity index (χ0n) is 17.7. The van der Waals surface area contributed by atoms with E-state index in [2.05, 4.69) is 93.3 Å². The number of amides is 1. The number of allylic oxidation sites excluding steroid dienone is 1. The highest BCUT2D eigenvalue weighted by Crippen LogP contribution is 2.39. The molecule has 1 aliphatic rings. The molecule has 0 aliphatic carbocycles. The molecule has 5 nitrogen and oxygen atoms in total. The maximum Gasteiger partial charge on any atom is 0.277 e. The summed E-state index contributed by atoms with van der Waals surface area (Å²) in [6.45, 7) is 8.46. The first-order chi connectivity index (χ1) is 14.1. The van der Waals surface area contributed by atoms with E-state index >= 15 is 0 Å². The third-order valence-corrected chi connectivity index (χ3v) is 6.36. The quantitative estimate of drug-likeness (QED) is 0.396. The minimum atomic E-state index is -0.325. The average molecular weight is 535 g/mol. The first kappa shape index (κ1) is 22.6. The second-order valence-corrected chi connectivity index (χ2v) is 9.69. The van der Waals surface area contributed by atoms with Crippen LogP contribution < -0.4 is 15.1 Å². The fraction of sp³-hybridized carbons (Fsp3) is 0.304. The molecule has 30 heavy (non-hydrogen) atoms. The van der Waals surface area contributed by atoms with Gasteiger partial charge >= 0.3 is 0 Å². The molecule has 158 valence electrons. The SMILES string of the molecule is CC1=CC(C)(C)N(C)c2cc(C)c(/C=N/NC(=O)COc3ccc(Br)cc3Br)cc21. The molecule has 7 heteroatoms. The Bertz CT molecular complexity index is 1040. The maximum absolute atomic E-state index is 12.1. The predicted molar refractivity (Wildman–Crippen MR) is 130 cm³/mol. The lowest BCUT2D eigenvalue weighted by Gasteiger charge is -2.41. The molecule has 0 radical (unpaired) electrons. The Labute approximate surface area is 194 Å². The van der Waals surface area contributed by atoms with Crippen LogP contribution in [0, 0.1) is 6.92 Å². The van der Waals surface area contributed by atoms with Crippen molar-refractivity contribution in [3.05, 3.63) is 62.0 Å². The monoisotopic (exact) mass is 533 g/mol. The standard InChI is InChI=1S/C23H25Br2N3O2/c1-14-8-20-18(15(2)11-23(3,4)28(20)5)9-16(14)12-26-27-22(29)13-30-21-7-6-17(24)10-19(21)25/h6-12H,13H2,1-5H3,(H,27,29)/b26-12+. The van der Waals surface area contributed by atoms with E-state index in [1.165, 1.54) is 16.8 Å². The predicted octanol–water partition coefficient (Wildman–Crippen LogP) is 5.68.